The van der Waals surface area contributed by atoms with E-state index in [2.05, 4.69) is 199 Å². The van der Waals surface area contributed by atoms with Crippen molar-refractivity contribution in [3.8, 4) is 39.2 Å². The van der Waals surface area contributed by atoms with Crippen LogP contribution < -0.4 is 0 Å². The third-order valence-corrected chi connectivity index (χ3v) is 14.6. The van der Waals surface area contributed by atoms with Gasteiger partial charge in [0.15, 0.2) is 0 Å². The molecule has 3 heteroatoms. The van der Waals surface area contributed by atoms with Crippen LogP contribution in [0.2, 0.25) is 0 Å². The Morgan fingerprint density at radius 3 is 1.88 bits per heavy atom. The van der Waals surface area contributed by atoms with E-state index in [1.807, 2.05) is 11.3 Å². The SMILES string of the molecule is c1cc(-c2nc3ccccc3c3c4c(ccc23)C2(c3ccccc3-c3ccccc32)c2ccccc2-4)cc(-n2c3ccccc3c3ccc4c5ccccc5sc4c32)c1. The Morgan fingerprint density at radius 1 is 0.441 bits per heavy atom. The van der Waals surface area contributed by atoms with Crippen molar-refractivity contribution in [2.45, 2.75) is 5.41 Å². The summed E-state index contributed by atoms with van der Waals surface area (Å²) in [5, 5.41) is 8.77. The molecule has 0 atom stereocenters. The molecule has 0 amide bonds. The maximum atomic E-state index is 5.53. The van der Waals surface area contributed by atoms with E-state index in [1.54, 1.807) is 0 Å². The smallest absolute Gasteiger partial charge is 0.0789 e. The standard InChI is InChI=1S/C56H32N2S/c1-7-22-44-35(16-1)36-17-2-8-23-45(36)56(44)46-24-9-3-20-41(46)52-47(56)31-30-43-51(52)42-21-4-10-25-48(42)57-53(43)33-14-13-15-34(32-33)58-49-26-11-5-18-37(49)39-28-29-40-38-19-6-12-27-50(38)59-55(40)54(39)58/h1-32H. The molecule has 0 N–H and O–H groups in total. The molecule has 0 radical (unpaired) electrons. The van der Waals surface area contributed by atoms with E-state index >= 15 is 0 Å². The maximum Gasteiger partial charge on any atom is 0.0789 e. The second kappa shape index (κ2) is 11.4. The molecule has 0 aliphatic heterocycles. The Balaban J connectivity index is 1.07. The second-order valence-electron chi connectivity index (χ2n) is 16.1. The minimum Gasteiger partial charge on any atom is -0.308 e. The summed E-state index contributed by atoms with van der Waals surface area (Å²) in [4.78, 5) is 5.53. The number of nitrogens with zero attached hydrogens (tertiary/aromatic N) is 2. The van der Waals surface area contributed by atoms with Gasteiger partial charge in [-0.3, -0.25) is 0 Å². The van der Waals surface area contributed by atoms with Crippen molar-refractivity contribution in [2.24, 2.45) is 0 Å². The Labute approximate surface area is 343 Å². The average Bonchev–Trinajstić information content (AvgIpc) is 4.02. The molecule has 9 aromatic carbocycles. The molecular formula is C56H32N2S. The lowest BCUT2D eigenvalue weighted by molar-refractivity contribution is 0.794. The van der Waals surface area contributed by atoms with Crippen molar-refractivity contribution >= 4 is 75.0 Å². The topological polar surface area (TPSA) is 17.8 Å². The number of aromatic nitrogens is 2. The first kappa shape index (κ1) is 31.7. The summed E-state index contributed by atoms with van der Waals surface area (Å²) in [6.45, 7) is 0. The molecule has 0 unspecified atom stereocenters. The fourth-order valence-electron chi connectivity index (χ4n) is 11.1. The number of thiophene rings is 1. The van der Waals surface area contributed by atoms with E-state index in [0.717, 1.165) is 22.5 Å². The highest BCUT2D eigenvalue weighted by molar-refractivity contribution is 7.26. The number of benzene rings is 9. The van der Waals surface area contributed by atoms with E-state index in [0.29, 0.717) is 0 Å². The van der Waals surface area contributed by atoms with Crippen molar-refractivity contribution in [3.05, 3.63) is 216 Å². The summed E-state index contributed by atoms with van der Waals surface area (Å²) in [6.07, 6.45) is 0. The third kappa shape index (κ3) is 3.93. The first-order valence-electron chi connectivity index (χ1n) is 20.4. The number of hydrogen-bond donors (Lipinski definition) is 0. The van der Waals surface area contributed by atoms with Gasteiger partial charge in [0.1, 0.15) is 0 Å². The van der Waals surface area contributed by atoms with Gasteiger partial charge in [-0.05, 0) is 74.8 Å². The Morgan fingerprint density at radius 2 is 1.07 bits per heavy atom. The van der Waals surface area contributed by atoms with Crippen molar-refractivity contribution in [3.63, 3.8) is 0 Å². The van der Waals surface area contributed by atoms with Crippen LogP contribution in [-0.4, -0.2) is 9.55 Å². The van der Waals surface area contributed by atoms with Crippen molar-refractivity contribution in [1.29, 1.82) is 0 Å². The summed E-state index contributed by atoms with van der Waals surface area (Å²) in [5.41, 5.74) is 17.0. The van der Waals surface area contributed by atoms with Crippen LogP contribution in [0.5, 0.6) is 0 Å². The molecular weight excluding hydrogens is 733 g/mol. The maximum absolute atomic E-state index is 5.53. The first-order valence-corrected chi connectivity index (χ1v) is 21.2. The van der Waals surface area contributed by atoms with E-state index in [1.165, 1.54) is 103 Å². The fraction of sp³-hybridized carbons (Fsp3) is 0.0179. The number of pyridine rings is 1. The molecule has 3 heterocycles. The minimum absolute atomic E-state index is 0.410. The highest BCUT2D eigenvalue weighted by Crippen LogP contribution is 2.64. The van der Waals surface area contributed by atoms with Gasteiger partial charge in [0.05, 0.1) is 32.4 Å². The number of rotatable bonds is 2. The second-order valence-corrected chi connectivity index (χ2v) is 17.2. The average molecular weight is 765 g/mol. The molecule has 2 aliphatic rings. The molecule has 272 valence electrons. The fourth-order valence-corrected chi connectivity index (χ4v) is 12.4. The van der Waals surface area contributed by atoms with Gasteiger partial charge < -0.3 is 4.57 Å². The highest BCUT2D eigenvalue weighted by Gasteiger charge is 2.52. The van der Waals surface area contributed by atoms with Crippen LogP contribution in [0, 0.1) is 0 Å². The van der Waals surface area contributed by atoms with Gasteiger partial charge >= 0.3 is 0 Å². The van der Waals surface area contributed by atoms with Crippen LogP contribution in [0.1, 0.15) is 22.3 Å². The van der Waals surface area contributed by atoms with Gasteiger partial charge in [0.25, 0.3) is 0 Å². The lowest BCUT2D eigenvalue weighted by Crippen LogP contribution is -2.25. The molecule has 0 fully saturated rings. The molecule has 2 nitrogen and oxygen atoms in total. The highest BCUT2D eigenvalue weighted by atomic mass is 32.1. The number of para-hydroxylation sites is 2. The van der Waals surface area contributed by atoms with E-state index in [-0.39, 0.29) is 0 Å². The molecule has 0 saturated heterocycles. The summed E-state index contributed by atoms with van der Waals surface area (Å²) in [5.74, 6) is 0. The van der Waals surface area contributed by atoms with Crippen molar-refractivity contribution < 1.29 is 0 Å². The van der Waals surface area contributed by atoms with Gasteiger partial charge in [0.2, 0.25) is 0 Å². The predicted octanol–water partition coefficient (Wildman–Crippen LogP) is 14.9. The number of fused-ring (bicyclic) bond motifs is 21. The first-order chi connectivity index (χ1) is 29.3. The van der Waals surface area contributed by atoms with Crippen LogP contribution in [0.15, 0.2) is 194 Å². The molecule has 0 saturated carbocycles. The van der Waals surface area contributed by atoms with Gasteiger partial charge in [-0.25, -0.2) is 4.98 Å². The molecule has 2 aliphatic carbocycles. The monoisotopic (exact) mass is 764 g/mol. The van der Waals surface area contributed by atoms with Gasteiger partial charge in [-0.1, -0.05) is 164 Å². The third-order valence-electron chi connectivity index (χ3n) is 13.4. The van der Waals surface area contributed by atoms with Crippen LogP contribution in [0.3, 0.4) is 0 Å². The molecule has 14 rings (SSSR count). The van der Waals surface area contributed by atoms with E-state index in [9.17, 15) is 0 Å². The van der Waals surface area contributed by atoms with Crippen LogP contribution >= 0.6 is 11.3 Å². The lowest BCUT2D eigenvalue weighted by Gasteiger charge is -2.30. The van der Waals surface area contributed by atoms with Crippen LogP contribution in [0.25, 0.3) is 103 Å². The van der Waals surface area contributed by atoms with E-state index in [4.69, 9.17) is 4.98 Å². The normalized spacial score (nSPS) is 13.6. The van der Waals surface area contributed by atoms with Crippen LogP contribution in [0.4, 0.5) is 0 Å². The molecule has 0 bridgehead atoms. The Bertz CT molecular complexity index is 3760. The number of hydrogen-bond acceptors (Lipinski definition) is 2. The Hall–Kier alpha value is -7.33. The predicted molar refractivity (Wildman–Crippen MR) is 248 cm³/mol. The molecule has 59 heavy (non-hydrogen) atoms. The Kier molecular flexibility index (Phi) is 6.13. The summed E-state index contributed by atoms with van der Waals surface area (Å²) >= 11 is 1.89. The van der Waals surface area contributed by atoms with Gasteiger partial charge in [0, 0.05) is 53.7 Å². The summed E-state index contributed by atoms with van der Waals surface area (Å²) in [6, 6.07) is 72.1. The zero-order valence-electron chi connectivity index (χ0n) is 31.8. The summed E-state index contributed by atoms with van der Waals surface area (Å²) < 4.78 is 5.12. The zero-order chi connectivity index (χ0) is 38.4. The quantitative estimate of drug-likeness (QED) is 0.160. The lowest BCUT2D eigenvalue weighted by atomic mass is 9.70. The molecule has 1 spiro atoms. The van der Waals surface area contributed by atoms with Gasteiger partial charge in [-0.2, -0.15) is 0 Å². The minimum atomic E-state index is -0.410. The molecule has 3 aromatic heterocycles. The van der Waals surface area contributed by atoms with E-state index < -0.39 is 5.41 Å². The zero-order valence-corrected chi connectivity index (χ0v) is 32.6. The van der Waals surface area contributed by atoms with Crippen molar-refractivity contribution in [2.75, 3.05) is 0 Å². The largest absolute Gasteiger partial charge is 0.308 e. The summed E-state index contributed by atoms with van der Waals surface area (Å²) in [7, 11) is 0. The van der Waals surface area contributed by atoms with Gasteiger partial charge in [-0.15, -0.1) is 11.3 Å². The molecule has 12 aromatic rings. The van der Waals surface area contributed by atoms with Crippen molar-refractivity contribution in [1.82, 2.24) is 9.55 Å². The van der Waals surface area contributed by atoms with Crippen LogP contribution in [-0.2, 0) is 5.41 Å².